The van der Waals surface area contributed by atoms with Crippen LogP contribution in [0.3, 0.4) is 0 Å². The zero-order valence-corrected chi connectivity index (χ0v) is 8.28. The molecule has 1 aromatic carbocycles. The first kappa shape index (κ1) is 9.72. The van der Waals surface area contributed by atoms with Gasteiger partial charge >= 0.3 is 0 Å². The van der Waals surface area contributed by atoms with Gasteiger partial charge in [-0.15, -0.1) is 0 Å². The first-order valence-corrected chi connectivity index (χ1v) is 4.84. The molecule has 0 saturated heterocycles. The number of nitrogens with zero attached hydrogens (tertiary/aromatic N) is 1. The van der Waals surface area contributed by atoms with Crippen LogP contribution in [0.5, 0.6) is 0 Å². The summed E-state index contributed by atoms with van der Waals surface area (Å²) in [4.78, 5) is 33.9. The lowest BCUT2D eigenvalue weighted by atomic mass is 10.1. The predicted molar refractivity (Wildman–Crippen MR) is 54.1 cm³/mol. The molecule has 5 nitrogen and oxygen atoms in total. The van der Waals surface area contributed by atoms with Crippen LogP contribution >= 0.6 is 11.9 Å². The summed E-state index contributed by atoms with van der Waals surface area (Å²) in [6, 6.07) is 6.39. The van der Waals surface area contributed by atoms with Crippen molar-refractivity contribution in [3.63, 3.8) is 0 Å². The fourth-order valence-electron chi connectivity index (χ4n) is 1.34. The van der Waals surface area contributed by atoms with Crippen molar-refractivity contribution in [3.05, 3.63) is 35.4 Å². The van der Waals surface area contributed by atoms with Crippen LogP contribution in [-0.2, 0) is 0 Å². The number of imide groups is 1. The molecule has 0 aliphatic carbocycles. The van der Waals surface area contributed by atoms with E-state index in [-0.39, 0.29) is 0 Å². The van der Waals surface area contributed by atoms with Crippen molar-refractivity contribution in [2.75, 3.05) is 0 Å². The molecule has 0 aromatic heterocycles. The summed E-state index contributed by atoms with van der Waals surface area (Å²) < 4.78 is 0.771. The highest BCUT2D eigenvalue weighted by Gasteiger charge is 2.36. The lowest BCUT2D eigenvalue weighted by Gasteiger charge is -2.07. The Morgan fingerprint density at radius 3 is 2.00 bits per heavy atom. The highest BCUT2D eigenvalue weighted by molar-refractivity contribution is 8.12. The monoisotopic (exact) mass is 222 g/mol. The van der Waals surface area contributed by atoms with E-state index in [1.54, 1.807) is 12.1 Å². The topological polar surface area (TPSA) is 80.5 Å². The average molecular weight is 222 g/mol. The normalized spacial score (nSPS) is 14.3. The molecule has 1 aliphatic heterocycles. The minimum absolute atomic E-state index is 0.302. The molecule has 0 radical (unpaired) electrons. The predicted octanol–water partition coefficient (Wildman–Crippen LogP) is 1.01. The van der Waals surface area contributed by atoms with Gasteiger partial charge < -0.3 is 5.73 Å². The fraction of sp³-hybridized carbons (Fsp3) is 0. The summed E-state index contributed by atoms with van der Waals surface area (Å²) in [6.07, 6.45) is 0. The van der Waals surface area contributed by atoms with Crippen LogP contribution in [0, 0.1) is 0 Å². The molecular formula is C9H6N2O3S. The Hall–Kier alpha value is -1.82. The van der Waals surface area contributed by atoms with Crippen molar-refractivity contribution in [3.8, 4) is 0 Å². The molecule has 15 heavy (non-hydrogen) atoms. The highest BCUT2D eigenvalue weighted by Crippen LogP contribution is 2.27. The minimum Gasteiger partial charge on any atom is -0.359 e. The standard InChI is InChI=1S/C9H6N2O3S/c10-9(14)15-11-7(12)5-3-1-2-4-6(5)8(11)13/h1-4H,(H2,10,14). The number of rotatable bonds is 1. The van der Waals surface area contributed by atoms with E-state index in [1.165, 1.54) is 12.1 Å². The summed E-state index contributed by atoms with van der Waals surface area (Å²) >= 11 is 0.408. The van der Waals surface area contributed by atoms with Gasteiger partial charge in [0.15, 0.2) is 0 Å². The van der Waals surface area contributed by atoms with Crippen molar-refractivity contribution < 1.29 is 14.4 Å². The Morgan fingerprint density at radius 1 is 1.13 bits per heavy atom. The highest BCUT2D eigenvalue weighted by atomic mass is 32.2. The van der Waals surface area contributed by atoms with Crippen molar-refractivity contribution in [1.82, 2.24) is 4.31 Å². The Labute approximate surface area is 89.4 Å². The summed E-state index contributed by atoms with van der Waals surface area (Å²) in [7, 11) is 0. The molecule has 1 aromatic rings. The van der Waals surface area contributed by atoms with Crippen LogP contribution in [-0.4, -0.2) is 21.4 Å². The molecule has 3 amide bonds. The summed E-state index contributed by atoms with van der Waals surface area (Å²) in [5.74, 6) is -1.00. The van der Waals surface area contributed by atoms with Crippen LogP contribution in [0.25, 0.3) is 0 Å². The number of primary amides is 1. The van der Waals surface area contributed by atoms with Gasteiger partial charge in [-0.05, 0) is 12.1 Å². The molecule has 1 aliphatic rings. The molecule has 2 rings (SSSR count). The maximum atomic E-state index is 11.6. The maximum absolute atomic E-state index is 11.6. The van der Waals surface area contributed by atoms with Gasteiger partial charge in [-0.25, -0.2) is 4.31 Å². The Kier molecular flexibility index (Phi) is 2.20. The average Bonchev–Trinajstić information content (AvgIpc) is 2.44. The number of nitrogens with two attached hydrogens (primary N) is 1. The van der Waals surface area contributed by atoms with Crippen LogP contribution in [0.2, 0.25) is 0 Å². The molecule has 2 N–H and O–H groups in total. The Morgan fingerprint density at radius 2 is 1.60 bits per heavy atom. The fourth-order valence-corrected chi connectivity index (χ4v) is 1.88. The number of hydrogen-bond acceptors (Lipinski definition) is 4. The van der Waals surface area contributed by atoms with Crippen molar-refractivity contribution >= 4 is 29.0 Å². The van der Waals surface area contributed by atoms with Gasteiger partial charge in [-0.2, -0.15) is 0 Å². The second-order valence-electron chi connectivity index (χ2n) is 2.86. The van der Waals surface area contributed by atoms with E-state index >= 15 is 0 Å². The molecule has 0 atom stereocenters. The second-order valence-corrected chi connectivity index (χ2v) is 3.81. The van der Waals surface area contributed by atoms with Crippen molar-refractivity contribution in [2.45, 2.75) is 0 Å². The molecule has 0 bridgehead atoms. The molecule has 76 valence electrons. The molecule has 0 spiro atoms. The van der Waals surface area contributed by atoms with E-state index in [0.717, 1.165) is 4.31 Å². The third-order valence-corrected chi connectivity index (χ3v) is 2.63. The van der Waals surface area contributed by atoms with Crippen LogP contribution < -0.4 is 5.73 Å². The maximum Gasteiger partial charge on any atom is 0.297 e. The number of amides is 3. The van der Waals surface area contributed by atoms with E-state index in [0.29, 0.717) is 23.1 Å². The van der Waals surface area contributed by atoms with Crippen molar-refractivity contribution in [1.29, 1.82) is 0 Å². The van der Waals surface area contributed by atoms with Crippen molar-refractivity contribution in [2.24, 2.45) is 5.73 Å². The van der Waals surface area contributed by atoms with E-state index in [1.807, 2.05) is 0 Å². The van der Waals surface area contributed by atoms with E-state index in [2.05, 4.69) is 0 Å². The molecule has 1 heterocycles. The van der Waals surface area contributed by atoms with Crippen LogP contribution in [0.1, 0.15) is 20.7 Å². The summed E-state index contributed by atoms with van der Waals surface area (Å²) in [5.41, 5.74) is 5.51. The van der Waals surface area contributed by atoms with Crippen LogP contribution in [0.4, 0.5) is 4.79 Å². The number of benzene rings is 1. The number of hydrogen-bond donors (Lipinski definition) is 1. The molecule has 6 heteroatoms. The lowest BCUT2D eigenvalue weighted by Crippen LogP contribution is -2.25. The summed E-state index contributed by atoms with van der Waals surface area (Å²) in [6.45, 7) is 0. The molecule has 0 unspecified atom stereocenters. The van der Waals surface area contributed by atoms with Gasteiger partial charge in [-0.1, -0.05) is 12.1 Å². The number of carbonyl (C=O) groups excluding carboxylic acids is 3. The first-order valence-electron chi connectivity index (χ1n) is 4.06. The van der Waals surface area contributed by atoms with E-state index < -0.39 is 17.1 Å². The van der Waals surface area contributed by atoms with E-state index in [4.69, 9.17) is 5.73 Å². The number of carbonyl (C=O) groups is 3. The Balaban J connectivity index is 2.41. The van der Waals surface area contributed by atoms with Gasteiger partial charge in [0.05, 0.1) is 23.1 Å². The lowest BCUT2D eigenvalue weighted by molar-refractivity contribution is 0.0777. The molecule has 0 fully saturated rings. The SMILES string of the molecule is NC(=O)SN1C(=O)c2ccccc2C1=O. The molecular weight excluding hydrogens is 216 g/mol. The Bertz CT molecular complexity index is 437. The smallest absolute Gasteiger partial charge is 0.297 e. The van der Waals surface area contributed by atoms with Gasteiger partial charge in [-0.3, -0.25) is 14.4 Å². The van der Waals surface area contributed by atoms with Gasteiger partial charge in [0, 0.05) is 0 Å². The summed E-state index contributed by atoms with van der Waals surface area (Å²) in [5, 5.41) is -0.787. The van der Waals surface area contributed by atoms with Crippen LogP contribution in [0.15, 0.2) is 24.3 Å². The third-order valence-electron chi connectivity index (χ3n) is 1.94. The number of fused-ring (bicyclic) bond motifs is 1. The van der Waals surface area contributed by atoms with Gasteiger partial charge in [0.25, 0.3) is 17.1 Å². The quantitative estimate of drug-likeness (QED) is 0.568. The zero-order valence-electron chi connectivity index (χ0n) is 7.47. The minimum atomic E-state index is -0.787. The van der Waals surface area contributed by atoms with Gasteiger partial charge in [0.2, 0.25) is 0 Å². The largest absolute Gasteiger partial charge is 0.359 e. The molecule has 0 saturated carbocycles. The van der Waals surface area contributed by atoms with Gasteiger partial charge in [0.1, 0.15) is 0 Å². The van der Waals surface area contributed by atoms with E-state index in [9.17, 15) is 14.4 Å². The third kappa shape index (κ3) is 1.48. The second kappa shape index (κ2) is 3.39. The zero-order chi connectivity index (χ0) is 11.0. The first-order chi connectivity index (χ1) is 7.11.